The standard InChI is InChI=1S/C15H21Cl2NO2/c1-2-14(11-3-4-12(16)13(17)9-11)18-10-15(19)5-7-20-8-6-15/h3-4,9,14,18-19H,2,5-8,10H2,1H3. The van der Waals surface area contributed by atoms with Crippen LogP contribution >= 0.6 is 23.2 Å². The molecule has 0 aliphatic carbocycles. The first kappa shape index (κ1) is 16.1. The molecule has 1 atom stereocenters. The number of ether oxygens (including phenoxy) is 1. The molecule has 1 aromatic carbocycles. The predicted octanol–water partition coefficient (Wildman–Crippen LogP) is 3.58. The monoisotopic (exact) mass is 317 g/mol. The van der Waals surface area contributed by atoms with Crippen LogP contribution in [-0.2, 0) is 4.74 Å². The van der Waals surface area contributed by atoms with Crippen molar-refractivity contribution >= 4 is 23.2 Å². The van der Waals surface area contributed by atoms with Gasteiger partial charge in [0.1, 0.15) is 0 Å². The average molecular weight is 318 g/mol. The van der Waals surface area contributed by atoms with Gasteiger partial charge in [0, 0.05) is 38.6 Å². The Labute approximate surface area is 130 Å². The lowest BCUT2D eigenvalue weighted by Gasteiger charge is -2.33. The van der Waals surface area contributed by atoms with Gasteiger partial charge in [0.15, 0.2) is 0 Å². The van der Waals surface area contributed by atoms with E-state index < -0.39 is 5.60 Å². The highest BCUT2D eigenvalue weighted by molar-refractivity contribution is 6.42. The Morgan fingerprint density at radius 1 is 1.30 bits per heavy atom. The van der Waals surface area contributed by atoms with Crippen LogP contribution in [-0.4, -0.2) is 30.5 Å². The SMILES string of the molecule is CCC(NCC1(O)CCOCC1)c1ccc(Cl)c(Cl)c1. The second-order valence-electron chi connectivity index (χ2n) is 5.35. The van der Waals surface area contributed by atoms with Gasteiger partial charge in [-0.2, -0.15) is 0 Å². The van der Waals surface area contributed by atoms with Gasteiger partial charge in [-0.1, -0.05) is 36.2 Å². The van der Waals surface area contributed by atoms with E-state index in [-0.39, 0.29) is 6.04 Å². The molecule has 1 fully saturated rings. The average Bonchev–Trinajstić information content (AvgIpc) is 2.44. The molecule has 3 nitrogen and oxygen atoms in total. The Bertz CT molecular complexity index is 447. The number of hydrogen-bond acceptors (Lipinski definition) is 3. The van der Waals surface area contributed by atoms with Crippen molar-refractivity contribution in [3.63, 3.8) is 0 Å². The van der Waals surface area contributed by atoms with Crippen molar-refractivity contribution in [2.45, 2.75) is 37.8 Å². The zero-order valence-electron chi connectivity index (χ0n) is 11.7. The van der Waals surface area contributed by atoms with Crippen molar-refractivity contribution in [3.05, 3.63) is 33.8 Å². The lowest BCUT2D eigenvalue weighted by atomic mass is 9.93. The Morgan fingerprint density at radius 3 is 2.60 bits per heavy atom. The van der Waals surface area contributed by atoms with E-state index in [1.54, 1.807) is 0 Å². The maximum absolute atomic E-state index is 10.5. The molecule has 1 heterocycles. The summed E-state index contributed by atoms with van der Waals surface area (Å²) in [5.74, 6) is 0. The van der Waals surface area contributed by atoms with Gasteiger partial charge in [-0.25, -0.2) is 0 Å². The van der Waals surface area contributed by atoms with E-state index in [4.69, 9.17) is 27.9 Å². The second kappa shape index (κ2) is 7.10. The molecule has 1 unspecified atom stereocenters. The maximum atomic E-state index is 10.5. The van der Waals surface area contributed by atoms with Crippen LogP contribution in [0.25, 0.3) is 0 Å². The molecule has 0 amide bonds. The molecule has 0 aromatic heterocycles. The number of rotatable bonds is 5. The molecule has 5 heteroatoms. The smallest absolute Gasteiger partial charge is 0.0815 e. The first-order chi connectivity index (χ1) is 9.54. The van der Waals surface area contributed by atoms with Crippen LogP contribution in [0.5, 0.6) is 0 Å². The van der Waals surface area contributed by atoms with Crippen LogP contribution in [0.2, 0.25) is 10.0 Å². The molecular weight excluding hydrogens is 297 g/mol. The highest BCUT2D eigenvalue weighted by Crippen LogP contribution is 2.28. The molecule has 2 N–H and O–H groups in total. The summed E-state index contributed by atoms with van der Waals surface area (Å²) in [7, 11) is 0. The van der Waals surface area contributed by atoms with Gasteiger partial charge in [0.25, 0.3) is 0 Å². The van der Waals surface area contributed by atoms with Crippen molar-refractivity contribution in [1.29, 1.82) is 0 Å². The number of aliphatic hydroxyl groups is 1. The number of halogens is 2. The van der Waals surface area contributed by atoms with Crippen LogP contribution < -0.4 is 5.32 Å². The zero-order valence-corrected chi connectivity index (χ0v) is 13.2. The maximum Gasteiger partial charge on any atom is 0.0815 e. The quantitative estimate of drug-likeness (QED) is 0.872. The molecule has 1 aliphatic rings. The Hall–Kier alpha value is -0.320. The van der Waals surface area contributed by atoms with Crippen molar-refractivity contribution in [2.75, 3.05) is 19.8 Å². The summed E-state index contributed by atoms with van der Waals surface area (Å²) in [5.41, 5.74) is 0.430. The molecule has 0 saturated carbocycles. The highest BCUT2D eigenvalue weighted by atomic mass is 35.5. The molecule has 1 aromatic rings. The van der Waals surface area contributed by atoms with Gasteiger partial charge in [-0.05, 0) is 24.1 Å². The summed E-state index contributed by atoms with van der Waals surface area (Å²) in [6.07, 6.45) is 2.28. The normalized spacial score (nSPS) is 19.8. The molecule has 1 saturated heterocycles. The Balaban J connectivity index is 1.99. The lowest BCUT2D eigenvalue weighted by Crippen LogP contribution is -2.45. The topological polar surface area (TPSA) is 41.5 Å². The molecule has 0 bridgehead atoms. The van der Waals surface area contributed by atoms with E-state index in [0.717, 1.165) is 12.0 Å². The largest absolute Gasteiger partial charge is 0.388 e. The Morgan fingerprint density at radius 2 is 2.00 bits per heavy atom. The van der Waals surface area contributed by atoms with E-state index in [1.165, 1.54) is 0 Å². The third-order valence-electron chi connectivity index (χ3n) is 3.86. The number of nitrogens with one attached hydrogen (secondary N) is 1. The minimum atomic E-state index is -0.665. The van der Waals surface area contributed by atoms with Gasteiger partial charge in [-0.3, -0.25) is 0 Å². The summed E-state index contributed by atoms with van der Waals surface area (Å²) in [6, 6.07) is 5.84. The van der Waals surface area contributed by atoms with Gasteiger partial charge in [0.2, 0.25) is 0 Å². The van der Waals surface area contributed by atoms with Gasteiger partial charge >= 0.3 is 0 Å². The highest BCUT2D eigenvalue weighted by Gasteiger charge is 2.30. The fourth-order valence-corrected chi connectivity index (χ4v) is 2.77. The van der Waals surface area contributed by atoms with E-state index in [0.29, 0.717) is 42.6 Å². The summed E-state index contributed by atoms with van der Waals surface area (Å²) >= 11 is 12.0. The number of hydrogen-bond donors (Lipinski definition) is 2. The van der Waals surface area contributed by atoms with Crippen LogP contribution in [0.15, 0.2) is 18.2 Å². The molecule has 112 valence electrons. The van der Waals surface area contributed by atoms with E-state index >= 15 is 0 Å². The fraction of sp³-hybridized carbons (Fsp3) is 0.600. The fourth-order valence-electron chi connectivity index (χ4n) is 2.47. The van der Waals surface area contributed by atoms with Crippen molar-refractivity contribution in [2.24, 2.45) is 0 Å². The lowest BCUT2D eigenvalue weighted by molar-refractivity contribution is -0.0628. The van der Waals surface area contributed by atoms with Gasteiger partial charge in [-0.15, -0.1) is 0 Å². The van der Waals surface area contributed by atoms with Crippen molar-refractivity contribution in [3.8, 4) is 0 Å². The van der Waals surface area contributed by atoms with E-state index in [2.05, 4.69) is 12.2 Å². The second-order valence-corrected chi connectivity index (χ2v) is 6.17. The third-order valence-corrected chi connectivity index (χ3v) is 4.59. The molecule has 2 rings (SSSR count). The summed E-state index contributed by atoms with van der Waals surface area (Å²) < 4.78 is 5.29. The van der Waals surface area contributed by atoms with Crippen LogP contribution in [0.3, 0.4) is 0 Å². The minimum Gasteiger partial charge on any atom is -0.388 e. The predicted molar refractivity (Wildman–Crippen MR) is 82.5 cm³/mol. The van der Waals surface area contributed by atoms with E-state index in [9.17, 15) is 5.11 Å². The summed E-state index contributed by atoms with van der Waals surface area (Å²) in [6.45, 7) is 3.92. The Kier molecular flexibility index (Phi) is 5.70. The molecule has 1 aliphatic heterocycles. The van der Waals surface area contributed by atoms with Gasteiger partial charge in [0.05, 0.1) is 15.6 Å². The zero-order chi connectivity index (χ0) is 14.6. The molecule has 0 spiro atoms. The molecule has 0 radical (unpaired) electrons. The van der Waals surface area contributed by atoms with Crippen molar-refractivity contribution < 1.29 is 9.84 Å². The third kappa shape index (κ3) is 4.09. The molecule has 20 heavy (non-hydrogen) atoms. The van der Waals surface area contributed by atoms with Crippen LogP contribution in [0, 0.1) is 0 Å². The minimum absolute atomic E-state index is 0.164. The summed E-state index contributed by atoms with van der Waals surface area (Å²) in [4.78, 5) is 0. The van der Waals surface area contributed by atoms with Crippen molar-refractivity contribution in [1.82, 2.24) is 5.32 Å². The van der Waals surface area contributed by atoms with Gasteiger partial charge < -0.3 is 15.2 Å². The van der Waals surface area contributed by atoms with Crippen LogP contribution in [0.4, 0.5) is 0 Å². The first-order valence-electron chi connectivity index (χ1n) is 7.02. The van der Waals surface area contributed by atoms with Crippen LogP contribution in [0.1, 0.15) is 37.8 Å². The summed E-state index contributed by atoms with van der Waals surface area (Å²) in [5, 5.41) is 15.0. The number of benzene rings is 1. The first-order valence-corrected chi connectivity index (χ1v) is 7.78. The van der Waals surface area contributed by atoms with E-state index in [1.807, 2.05) is 18.2 Å². The molecular formula is C15H21Cl2NO2.